The van der Waals surface area contributed by atoms with Crippen LogP contribution in [0.4, 0.5) is 10.2 Å². The molecule has 1 aliphatic rings. The summed E-state index contributed by atoms with van der Waals surface area (Å²) in [6.07, 6.45) is 1.95. The summed E-state index contributed by atoms with van der Waals surface area (Å²) in [6.45, 7) is 4.51. The van der Waals surface area contributed by atoms with E-state index in [-0.39, 0.29) is 18.4 Å². The molecule has 0 amide bonds. The SMILES string of the molecule is CCn1cnc2c(N[C@H]3CCNC3)nc(F)nc21.Cl. The highest BCUT2D eigenvalue weighted by Gasteiger charge is 2.18. The van der Waals surface area contributed by atoms with Crippen molar-refractivity contribution in [3.63, 3.8) is 0 Å². The summed E-state index contributed by atoms with van der Waals surface area (Å²) in [5.74, 6) is 0.485. The van der Waals surface area contributed by atoms with Gasteiger partial charge in [0.05, 0.1) is 6.33 Å². The van der Waals surface area contributed by atoms with Gasteiger partial charge in [0.25, 0.3) is 0 Å². The Morgan fingerprint density at radius 2 is 2.37 bits per heavy atom. The van der Waals surface area contributed by atoms with E-state index in [1.54, 1.807) is 10.9 Å². The van der Waals surface area contributed by atoms with Crippen molar-refractivity contribution in [1.29, 1.82) is 0 Å². The van der Waals surface area contributed by atoms with Gasteiger partial charge in [-0.05, 0) is 19.9 Å². The third kappa shape index (κ3) is 2.62. The molecule has 104 valence electrons. The molecule has 3 rings (SSSR count). The first-order chi connectivity index (χ1) is 8.78. The van der Waals surface area contributed by atoms with Gasteiger partial charge in [0.2, 0.25) is 0 Å². The van der Waals surface area contributed by atoms with Gasteiger partial charge in [-0.1, -0.05) is 0 Å². The van der Waals surface area contributed by atoms with E-state index in [1.165, 1.54) is 0 Å². The maximum atomic E-state index is 13.4. The fraction of sp³-hybridized carbons (Fsp3) is 0.545. The number of hydrogen-bond acceptors (Lipinski definition) is 5. The highest BCUT2D eigenvalue weighted by molar-refractivity contribution is 5.85. The van der Waals surface area contributed by atoms with E-state index in [4.69, 9.17) is 0 Å². The minimum atomic E-state index is -0.717. The molecule has 1 aliphatic heterocycles. The highest BCUT2D eigenvalue weighted by atomic mass is 35.5. The lowest BCUT2D eigenvalue weighted by Gasteiger charge is -2.12. The smallest absolute Gasteiger partial charge is 0.312 e. The number of aromatic nitrogens is 4. The lowest BCUT2D eigenvalue weighted by Crippen LogP contribution is -2.23. The van der Waals surface area contributed by atoms with Gasteiger partial charge in [-0.3, -0.25) is 0 Å². The summed E-state index contributed by atoms with van der Waals surface area (Å²) in [6, 6.07) is 0.272. The van der Waals surface area contributed by atoms with E-state index in [9.17, 15) is 4.39 Å². The van der Waals surface area contributed by atoms with E-state index in [0.29, 0.717) is 23.5 Å². The van der Waals surface area contributed by atoms with Gasteiger partial charge >= 0.3 is 6.08 Å². The van der Waals surface area contributed by atoms with Crippen molar-refractivity contribution in [3.8, 4) is 0 Å². The number of anilines is 1. The van der Waals surface area contributed by atoms with Crippen LogP contribution in [0.25, 0.3) is 11.2 Å². The van der Waals surface area contributed by atoms with E-state index < -0.39 is 6.08 Å². The molecule has 1 atom stereocenters. The lowest BCUT2D eigenvalue weighted by molar-refractivity contribution is 0.541. The second-order valence-corrected chi connectivity index (χ2v) is 4.38. The third-order valence-electron chi connectivity index (χ3n) is 3.18. The van der Waals surface area contributed by atoms with Crippen LogP contribution >= 0.6 is 12.4 Å². The Morgan fingerprint density at radius 1 is 1.53 bits per heavy atom. The van der Waals surface area contributed by atoms with Crippen LogP contribution in [0.3, 0.4) is 0 Å². The van der Waals surface area contributed by atoms with Crippen LogP contribution in [-0.4, -0.2) is 38.7 Å². The molecule has 0 saturated carbocycles. The summed E-state index contributed by atoms with van der Waals surface area (Å²) in [7, 11) is 0. The van der Waals surface area contributed by atoms with Crippen molar-refractivity contribution in [2.45, 2.75) is 25.9 Å². The molecule has 2 N–H and O–H groups in total. The third-order valence-corrected chi connectivity index (χ3v) is 3.18. The molecular weight excluding hydrogens is 271 g/mol. The van der Waals surface area contributed by atoms with Crippen LogP contribution in [0.2, 0.25) is 0 Å². The molecular formula is C11H16ClFN6. The Labute approximate surface area is 116 Å². The first kappa shape index (κ1) is 14.0. The Kier molecular flexibility index (Phi) is 4.16. The number of fused-ring (bicyclic) bond motifs is 1. The number of imidazole rings is 1. The quantitative estimate of drug-likeness (QED) is 0.830. The number of nitrogens with one attached hydrogen (secondary N) is 2. The van der Waals surface area contributed by atoms with Gasteiger partial charge in [0.1, 0.15) is 0 Å². The fourth-order valence-electron chi connectivity index (χ4n) is 2.22. The fourth-order valence-corrected chi connectivity index (χ4v) is 2.22. The molecule has 0 spiro atoms. The van der Waals surface area contributed by atoms with Crippen molar-refractivity contribution in [1.82, 2.24) is 24.8 Å². The first-order valence-electron chi connectivity index (χ1n) is 6.13. The number of nitrogens with zero attached hydrogens (tertiary/aromatic N) is 4. The minimum absolute atomic E-state index is 0. The Hall–Kier alpha value is -1.47. The molecule has 19 heavy (non-hydrogen) atoms. The second-order valence-electron chi connectivity index (χ2n) is 4.38. The van der Waals surface area contributed by atoms with E-state index in [2.05, 4.69) is 25.6 Å². The number of aryl methyl sites for hydroxylation is 1. The zero-order valence-electron chi connectivity index (χ0n) is 10.6. The predicted octanol–water partition coefficient (Wildman–Crippen LogP) is 1.18. The Morgan fingerprint density at radius 3 is 3.05 bits per heavy atom. The normalized spacial score (nSPS) is 18.5. The van der Waals surface area contributed by atoms with Crippen molar-refractivity contribution in [2.24, 2.45) is 0 Å². The van der Waals surface area contributed by atoms with Gasteiger partial charge < -0.3 is 15.2 Å². The minimum Gasteiger partial charge on any atom is -0.364 e. The average Bonchev–Trinajstić information content (AvgIpc) is 2.97. The van der Waals surface area contributed by atoms with Gasteiger partial charge in [-0.15, -0.1) is 12.4 Å². The van der Waals surface area contributed by atoms with Crippen LogP contribution < -0.4 is 10.6 Å². The summed E-state index contributed by atoms with van der Waals surface area (Å²) in [4.78, 5) is 11.9. The molecule has 2 aromatic heterocycles. The van der Waals surface area contributed by atoms with Crippen LogP contribution in [0.1, 0.15) is 13.3 Å². The molecule has 0 radical (unpaired) electrons. The average molecular weight is 287 g/mol. The molecule has 0 aliphatic carbocycles. The molecule has 0 bridgehead atoms. The van der Waals surface area contributed by atoms with E-state index in [1.807, 2.05) is 6.92 Å². The summed E-state index contributed by atoms with van der Waals surface area (Å²) in [5.41, 5.74) is 1.17. The molecule has 8 heteroatoms. The molecule has 1 saturated heterocycles. The van der Waals surface area contributed by atoms with E-state index in [0.717, 1.165) is 19.5 Å². The molecule has 1 fully saturated rings. The van der Waals surface area contributed by atoms with Gasteiger partial charge in [-0.2, -0.15) is 14.4 Å². The van der Waals surface area contributed by atoms with Crippen molar-refractivity contribution in [3.05, 3.63) is 12.4 Å². The van der Waals surface area contributed by atoms with Crippen LogP contribution in [0.5, 0.6) is 0 Å². The number of rotatable bonds is 3. The predicted molar refractivity (Wildman–Crippen MR) is 73.1 cm³/mol. The largest absolute Gasteiger partial charge is 0.364 e. The van der Waals surface area contributed by atoms with Crippen molar-refractivity contribution in [2.75, 3.05) is 18.4 Å². The van der Waals surface area contributed by atoms with Crippen molar-refractivity contribution >= 4 is 29.4 Å². The van der Waals surface area contributed by atoms with Crippen molar-refractivity contribution < 1.29 is 4.39 Å². The molecule has 6 nitrogen and oxygen atoms in total. The van der Waals surface area contributed by atoms with Crippen LogP contribution in [0, 0.1) is 6.08 Å². The number of hydrogen-bond donors (Lipinski definition) is 2. The molecule has 2 aromatic rings. The Bertz CT molecular complexity index is 566. The Balaban J connectivity index is 0.00000133. The van der Waals surface area contributed by atoms with Gasteiger partial charge in [-0.25, -0.2) is 4.98 Å². The topological polar surface area (TPSA) is 67.7 Å². The summed E-state index contributed by atoms with van der Waals surface area (Å²) < 4.78 is 15.2. The second kappa shape index (κ2) is 5.66. The molecule has 0 unspecified atom stereocenters. The van der Waals surface area contributed by atoms with Crippen LogP contribution in [0.15, 0.2) is 6.33 Å². The lowest BCUT2D eigenvalue weighted by atomic mass is 10.2. The molecule has 3 heterocycles. The summed E-state index contributed by atoms with van der Waals surface area (Å²) >= 11 is 0. The van der Waals surface area contributed by atoms with Gasteiger partial charge in [0.15, 0.2) is 17.0 Å². The van der Waals surface area contributed by atoms with E-state index >= 15 is 0 Å². The number of halogens is 2. The maximum absolute atomic E-state index is 13.4. The molecule has 0 aromatic carbocycles. The standard InChI is InChI=1S/C11H15FN6.ClH/c1-2-18-6-14-8-9(15-7-3-4-13-5-7)16-11(12)17-10(8)18;/h6-7,13H,2-5H2,1H3,(H,15,16,17);1H/t7-;/m0./s1. The van der Waals surface area contributed by atoms with Gasteiger partial charge in [0, 0.05) is 19.1 Å². The summed E-state index contributed by atoms with van der Waals surface area (Å²) in [5, 5.41) is 6.48. The maximum Gasteiger partial charge on any atom is 0.312 e. The first-order valence-corrected chi connectivity index (χ1v) is 6.13. The highest BCUT2D eigenvalue weighted by Crippen LogP contribution is 2.20. The monoisotopic (exact) mass is 286 g/mol. The van der Waals surface area contributed by atoms with Crippen LogP contribution in [-0.2, 0) is 6.54 Å². The zero-order valence-corrected chi connectivity index (χ0v) is 11.4. The zero-order chi connectivity index (χ0) is 12.5.